The van der Waals surface area contributed by atoms with Crippen LogP contribution in [0.3, 0.4) is 0 Å². The van der Waals surface area contributed by atoms with Gasteiger partial charge in [0.1, 0.15) is 0 Å². The number of hydrogen-bond acceptors (Lipinski definition) is 4. The summed E-state index contributed by atoms with van der Waals surface area (Å²) >= 11 is 0. The molecular formula is C11H15N5. The molecule has 0 fully saturated rings. The molecule has 5 heteroatoms. The topological polar surface area (TPSA) is 79.6 Å². The summed E-state index contributed by atoms with van der Waals surface area (Å²) in [6.07, 6.45) is 0. The summed E-state index contributed by atoms with van der Waals surface area (Å²) in [6, 6.07) is 8.36. The van der Waals surface area contributed by atoms with E-state index in [2.05, 4.69) is 46.5 Å². The van der Waals surface area contributed by atoms with Crippen molar-refractivity contribution in [3.05, 3.63) is 35.4 Å². The van der Waals surface area contributed by atoms with E-state index in [0.717, 1.165) is 0 Å². The molecule has 0 amide bonds. The van der Waals surface area contributed by atoms with Crippen LogP contribution in [0.4, 0.5) is 11.9 Å². The predicted octanol–water partition coefficient (Wildman–Crippen LogP) is 1.87. The number of benzene rings is 1. The second-order valence-electron chi connectivity index (χ2n) is 3.77. The number of aromatic amines is 1. The van der Waals surface area contributed by atoms with Gasteiger partial charge in [0, 0.05) is 0 Å². The first-order valence-electron chi connectivity index (χ1n) is 5.17. The van der Waals surface area contributed by atoms with E-state index in [1.54, 1.807) is 0 Å². The fourth-order valence-electron chi connectivity index (χ4n) is 1.68. The zero-order chi connectivity index (χ0) is 11.5. The van der Waals surface area contributed by atoms with Crippen molar-refractivity contribution in [1.29, 1.82) is 0 Å². The molecule has 0 aliphatic heterocycles. The number of nitrogens with one attached hydrogen (secondary N) is 2. The van der Waals surface area contributed by atoms with Gasteiger partial charge in [-0.15, -0.1) is 5.10 Å². The molecule has 0 saturated heterocycles. The van der Waals surface area contributed by atoms with Crippen LogP contribution in [0.2, 0.25) is 0 Å². The van der Waals surface area contributed by atoms with Crippen LogP contribution in [0.1, 0.15) is 24.1 Å². The van der Waals surface area contributed by atoms with Gasteiger partial charge < -0.3 is 11.1 Å². The van der Waals surface area contributed by atoms with E-state index in [4.69, 9.17) is 5.73 Å². The molecule has 0 aliphatic carbocycles. The van der Waals surface area contributed by atoms with E-state index < -0.39 is 0 Å². The Morgan fingerprint density at radius 2 is 2.12 bits per heavy atom. The van der Waals surface area contributed by atoms with Crippen LogP contribution in [0.5, 0.6) is 0 Å². The molecule has 84 valence electrons. The molecule has 0 saturated carbocycles. The smallest absolute Gasteiger partial charge is 0.244 e. The number of aromatic nitrogens is 3. The lowest BCUT2D eigenvalue weighted by atomic mass is 10.0. The molecule has 0 aliphatic rings. The molecule has 16 heavy (non-hydrogen) atoms. The third kappa shape index (κ3) is 2.13. The van der Waals surface area contributed by atoms with Gasteiger partial charge in [-0.25, -0.2) is 5.10 Å². The highest BCUT2D eigenvalue weighted by molar-refractivity contribution is 5.37. The average molecular weight is 217 g/mol. The number of nitrogens with zero attached hydrogens (tertiary/aromatic N) is 2. The lowest BCUT2D eigenvalue weighted by Crippen LogP contribution is -2.09. The second kappa shape index (κ2) is 4.22. The molecular weight excluding hydrogens is 202 g/mol. The number of nitrogens with two attached hydrogens (primary N) is 1. The van der Waals surface area contributed by atoms with Crippen molar-refractivity contribution in [1.82, 2.24) is 15.2 Å². The fourth-order valence-corrected chi connectivity index (χ4v) is 1.68. The van der Waals surface area contributed by atoms with Gasteiger partial charge in [0.25, 0.3) is 0 Å². The zero-order valence-corrected chi connectivity index (χ0v) is 9.36. The average Bonchev–Trinajstić information content (AvgIpc) is 2.64. The number of H-pyrrole nitrogens is 1. The van der Waals surface area contributed by atoms with Gasteiger partial charge in [-0.3, -0.25) is 0 Å². The molecule has 0 spiro atoms. The van der Waals surface area contributed by atoms with Crippen molar-refractivity contribution in [2.45, 2.75) is 19.9 Å². The normalized spacial score (nSPS) is 12.4. The Labute approximate surface area is 94.1 Å². The first kappa shape index (κ1) is 10.5. The third-order valence-corrected chi connectivity index (χ3v) is 2.50. The highest BCUT2D eigenvalue weighted by Gasteiger charge is 2.09. The van der Waals surface area contributed by atoms with Gasteiger partial charge in [-0.2, -0.15) is 4.98 Å². The number of anilines is 2. The van der Waals surface area contributed by atoms with Gasteiger partial charge >= 0.3 is 0 Å². The SMILES string of the molecule is Cc1ccccc1C(C)Nc1n[nH]c(N)n1. The molecule has 0 radical (unpaired) electrons. The Balaban J connectivity index is 2.14. The van der Waals surface area contributed by atoms with E-state index in [1.165, 1.54) is 11.1 Å². The summed E-state index contributed by atoms with van der Waals surface area (Å²) in [4.78, 5) is 4.01. The highest BCUT2D eigenvalue weighted by atomic mass is 15.3. The van der Waals surface area contributed by atoms with E-state index >= 15 is 0 Å². The van der Waals surface area contributed by atoms with Gasteiger partial charge in [0.2, 0.25) is 11.9 Å². The number of hydrogen-bond donors (Lipinski definition) is 3. The summed E-state index contributed by atoms with van der Waals surface area (Å²) in [5, 5.41) is 9.72. The van der Waals surface area contributed by atoms with Crippen LogP contribution < -0.4 is 11.1 Å². The minimum atomic E-state index is 0.149. The molecule has 1 aromatic carbocycles. The molecule has 1 aromatic heterocycles. The van der Waals surface area contributed by atoms with Crippen molar-refractivity contribution < 1.29 is 0 Å². The Morgan fingerprint density at radius 3 is 2.75 bits per heavy atom. The van der Waals surface area contributed by atoms with E-state index in [-0.39, 0.29) is 6.04 Å². The number of rotatable bonds is 3. The molecule has 2 rings (SSSR count). The van der Waals surface area contributed by atoms with Crippen molar-refractivity contribution in [3.8, 4) is 0 Å². The molecule has 1 atom stereocenters. The summed E-state index contributed by atoms with van der Waals surface area (Å²) in [6.45, 7) is 4.15. The Bertz CT molecular complexity index is 477. The maximum absolute atomic E-state index is 5.45. The molecule has 5 nitrogen and oxygen atoms in total. The molecule has 4 N–H and O–H groups in total. The Kier molecular flexibility index (Phi) is 2.76. The number of nitrogen functional groups attached to an aromatic ring is 1. The van der Waals surface area contributed by atoms with E-state index in [1.807, 2.05) is 12.1 Å². The maximum Gasteiger partial charge on any atom is 0.244 e. The number of aryl methyl sites for hydroxylation is 1. The second-order valence-corrected chi connectivity index (χ2v) is 3.77. The molecule has 2 aromatic rings. The minimum absolute atomic E-state index is 0.149. The van der Waals surface area contributed by atoms with E-state index in [0.29, 0.717) is 11.9 Å². The van der Waals surface area contributed by atoms with Crippen molar-refractivity contribution in [3.63, 3.8) is 0 Å². The first-order valence-corrected chi connectivity index (χ1v) is 5.17. The standard InChI is InChI=1S/C11H15N5/c1-7-5-3-4-6-9(7)8(2)13-11-14-10(12)15-16-11/h3-6,8H,1-2H3,(H4,12,13,14,15,16). The van der Waals surface area contributed by atoms with E-state index in [9.17, 15) is 0 Å². The van der Waals surface area contributed by atoms with Crippen molar-refractivity contribution in [2.24, 2.45) is 0 Å². The third-order valence-electron chi connectivity index (χ3n) is 2.50. The summed E-state index contributed by atoms with van der Waals surface area (Å²) in [5.41, 5.74) is 7.92. The summed E-state index contributed by atoms with van der Waals surface area (Å²) < 4.78 is 0. The lowest BCUT2D eigenvalue weighted by molar-refractivity contribution is 0.853. The lowest BCUT2D eigenvalue weighted by Gasteiger charge is -2.14. The van der Waals surface area contributed by atoms with Crippen LogP contribution in [-0.2, 0) is 0 Å². The van der Waals surface area contributed by atoms with Gasteiger partial charge in [0.05, 0.1) is 6.04 Å². The summed E-state index contributed by atoms with van der Waals surface area (Å²) in [5.74, 6) is 0.840. The molecule has 1 heterocycles. The van der Waals surface area contributed by atoms with Crippen molar-refractivity contribution >= 4 is 11.9 Å². The van der Waals surface area contributed by atoms with Gasteiger partial charge in [-0.1, -0.05) is 24.3 Å². The van der Waals surface area contributed by atoms with Gasteiger partial charge in [0.15, 0.2) is 0 Å². The van der Waals surface area contributed by atoms with Crippen LogP contribution in [0.15, 0.2) is 24.3 Å². The molecule has 0 bridgehead atoms. The largest absolute Gasteiger partial charge is 0.368 e. The summed E-state index contributed by atoms with van der Waals surface area (Å²) in [7, 11) is 0. The quantitative estimate of drug-likeness (QED) is 0.733. The maximum atomic E-state index is 5.45. The monoisotopic (exact) mass is 217 g/mol. The van der Waals surface area contributed by atoms with Crippen LogP contribution in [-0.4, -0.2) is 15.2 Å². The van der Waals surface area contributed by atoms with Crippen molar-refractivity contribution in [2.75, 3.05) is 11.1 Å². The minimum Gasteiger partial charge on any atom is -0.368 e. The molecule has 1 unspecified atom stereocenters. The van der Waals surface area contributed by atoms with Gasteiger partial charge in [-0.05, 0) is 25.0 Å². The predicted molar refractivity (Wildman–Crippen MR) is 64.0 cm³/mol. The Hall–Kier alpha value is -2.04. The van der Waals surface area contributed by atoms with Crippen LogP contribution in [0.25, 0.3) is 0 Å². The Morgan fingerprint density at radius 1 is 1.38 bits per heavy atom. The van der Waals surface area contributed by atoms with Crippen LogP contribution in [0, 0.1) is 6.92 Å². The van der Waals surface area contributed by atoms with Crippen LogP contribution >= 0.6 is 0 Å². The fraction of sp³-hybridized carbons (Fsp3) is 0.273. The first-order chi connectivity index (χ1) is 7.66. The highest BCUT2D eigenvalue weighted by Crippen LogP contribution is 2.19. The zero-order valence-electron chi connectivity index (χ0n) is 9.36.